The van der Waals surface area contributed by atoms with Crippen molar-refractivity contribution in [3.63, 3.8) is 0 Å². The highest BCUT2D eigenvalue weighted by molar-refractivity contribution is 8.00. The fourth-order valence-corrected chi connectivity index (χ4v) is 2.05. The molecule has 0 bridgehead atoms. The number of hydrogen-bond acceptors (Lipinski definition) is 4. The number of hydrazine groups is 1. The minimum atomic E-state index is -0.113. The van der Waals surface area contributed by atoms with Crippen LogP contribution in [0, 0.1) is 6.92 Å². The number of rotatable bonds is 6. The van der Waals surface area contributed by atoms with Crippen LogP contribution in [-0.2, 0) is 9.59 Å². The van der Waals surface area contributed by atoms with E-state index in [1.54, 1.807) is 19.1 Å². The number of aryl methyl sites for hydroxylation is 1. The smallest absolute Gasteiger partial charge is 0.244 e. The number of nitrogens with zero attached hydrogens (tertiary/aromatic N) is 1. The largest absolute Gasteiger partial charge is 0.325 e. The molecule has 0 saturated carbocycles. The van der Waals surface area contributed by atoms with E-state index in [1.807, 2.05) is 31.2 Å². The Hall–Kier alpha value is -1.53. The first-order valence-corrected chi connectivity index (χ1v) is 7.04. The lowest BCUT2D eigenvalue weighted by atomic mass is 10.2. The van der Waals surface area contributed by atoms with Gasteiger partial charge in [-0.15, -0.1) is 11.8 Å². The lowest BCUT2D eigenvalue weighted by molar-refractivity contribution is -0.122. The topological polar surface area (TPSA) is 61.4 Å². The van der Waals surface area contributed by atoms with Crippen LogP contribution in [0.4, 0.5) is 5.69 Å². The molecule has 0 aliphatic carbocycles. The van der Waals surface area contributed by atoms with Crippen molar-refractivity contribution in [1.82, 2.24) is 10.4 Å². The number of amides is 2. The summed E-state index contributed by atoms with van der Waals surface area (Å²) in [7, 11) is 3.49. The molecule has 1 aromatic carbocycles. The number of carbonyl (C=O) groups excluding carboxylic acids is 2. The van der Waals surface area contributed by atoms with Gasteiger partial charge in [0.1, 0.15) is 0 Å². The van der Waals surface area contributed by atoms with Gasteiger partial charge in [-0.3, -0.25) is 15.0 Å². The van der Waals surface area contributed by atoms with Gasteiger partial charge < -0.3 is 5.32 Å². The lowest BCUT2D eigenvalue weighted by Crippen LogP contribution is -2.37. The van der Waals surface area contributed by atoms with Crippen molar-refractivity contribution < 1.29 is 9.59 Å². The summed E-state index contributed by atoms with van der Waals surface area (Å²) in [4.78, 5) is 23.0. The number of thioether (sulfide) groups is 1. The van der Waals surface area contributed by atoms with Crippen LogP contribution < -0.4 is 10.7 Å². The minimum absolute atomic E-state index is 0.103. The average Bonchev–Trinajstić information content (AvgIpc) is 2.27. The Kier molecular flexibility index (Phi) is 6.38. The van der Waals surface area contributed by atoms with E-state index >= 15 is 0 Å². The van der Waals surface area contributed by atoms with Gasteiger partial charge in [0.15, 0.2) is 0 Å². The summed E-state index contributed by atoms with van der Waals surface area (Å²) >= 11 is 1.28. The molecular weight excluding hydrogens is 262 g/mol. The van der Waals surface area contributed by atoms with E-state index in [0.29, 0.717) is 0 Å². The molecule has 6 heteroatoms. The molecule has 0 atom stereocenters. The molecule has 1 aromatic rings. The SMILES string of the molecule is Cc1cccc(NC(=O)CSCC(=O)NN(C)C)c1. The molecule has 0 aliphatic rings. The monoisotopic (exact) mass is 281 g/mol. The number of carbonyl (C=O) groups is 2. The van der Waals surface area contributed by atoms with E-state index in [1.165, 1.54) is 11.8 Å². The third-order valence-electron chi connectivity index (χ3n) is 2.12. The van der Waals surface area contributed by atoms with E-state index in [2.05, 4.69) is 10.7 Å². The van der Waals surface area contributed by atoms with E-state index in [0.717, 1.165) is 11.3 Å². The van der Waals surface area contributed by atoms with E-state index in [-0.39, 0.29) is 23.3 Å². The number of nitrogens with one attached hydrogen (secondary N) is 2. The van der Waals surface area contributed by atoms with Crippen LogP contribution in [0.25, 0.3) is 0 Å². The van der Waals surface area contributed by atoms with Crippen LogP contribution in [0.2, 0.25) is 0 Å². The van der Waals surface area contributed by atoms with Crippen molar-refractivity contribution in [3.8, 4) is 0 Å². The summed E-state index contributed by atoms with van der Waals surface area (Å²) in [5.74, 6) is 0.306. The molecule has 0 radical (unpaired) electrons. The maximum atomic E-state index is 11.7. The van der Waals surface area contributed by atoms with Crippen molar-refractivity contribution in [1.29, 1.82) is 0 Å². The predicted molar refractivity (Wildman–Crippen MR) is 79.0 cm³/mol. The van der Waals surface area contributed by atoms with Gasteiger partial charge >= 0.3 is 0 Å². The zero-order valence-electron chi connectivity index (χ0n) is 11.4. The molecule has 19 heavy (non-hydrogen) atoms. The molecule has 5 nitrogen and oxygen atoms in total. The van der Waals surface area contributed by atoms with Gasteiger partial charge in [0.05, 0.1) is 11.5 Å². The summed E-state index contributed by atoms with van der Waals surface area (Å²) in [6.07, 6.45) is 0. The first-order chi connectivity index (χ1) is 8.97. The second-order valence-corrected chi connectivity index (χ2v) is 5.33. The van der Waals surface area contributed by atoms with E-state index < -0.39 is 0 Å². The summed E-state index contributed by atoms with van der Waals surface area (Å²) < 4.78 is 0. The highest BCUT2D eigenvalue weighted by Crippen LogP contribution is 2.10. The van der Waals surface area contributed by atoms with Gasteiger partial charge in [-0.1, -0.05) is 12.1 Å². The van der Waals surface area contributed by atoms with E-state index in [4.69, 9.17) is 0 Å². The third-order valence-corrected chi connectivity index (χ3v) is 3.05. The molecule has 0 aliphatic heterocycles. The standard InChI is InChI=1S/C13H19N3O2S/c1-10-5-4-6-11(7-10)14-12(17)8-19-9-13(18)15-16(2)3/h4-7H,8-9H2,1-3H3,(H,14,17)(H,15,18). The predicted octanol–water partition coefficient (Wildman–Crippen LogP) is 1.26. The molecule has 0 heterocycles. The molecule has 2 N–H and O–H groups in total. The molecule has 0 saturated heterocycles. The Bertz CT molecular complexity index is 449. The number of benzene rings is 1. The Morgan fingerprint density at radius 1 is 1.21 bits per heavy atom. The van der Waals surface area contributed by atoms with Gasteiger partial charge in [0.2, 0.25) is 11.8 Å². The summed E-state index contributed by atoms with van der Waals surface area (Å²) in [5.41, 5.74) is 4.49. The number of hydrogen-bond donors (Lipinski definition) is 2. The maximum absolute atomic E-state index is 11.7. The Balaban J connectivity index is 2.27. The second kappa shape index (κ2) is 7.81. The molecule has 104 valence electrons. The highest BCUT2D eigenvalue weighted by atomic mass is 32.2. The van der Waals surface area contributed by atoms with Crippen molar-refractivity contribution in [3.05, 3.63) is 29.8 Å². The quantitative estimate of drug-likeness (QED) is 0.771. The first kappa shape index (κ1) is 15.5. The van der Waals surface area contributed by atoms with Crippen molar-refractivity contribution >= 4 is 29.3 Å². The Labute approximate surface area is 117 Å². The zero-order chi connectivity index (χ0) is 14.3. The van der Waals surface area contributed by atoms with Crippen LogP contribution in [0.3, 0.4) is 0 Å². The Morgan fingerprint density at radius 2 is 1.89 bits per heavy atom. The molecule has 0 spiro atoms. The van der Waals surface area contributed by atoms with Gasteiger partial charge in [0, 0.05) is 19.8 Å². The molecule has 0 fully saturated rings. The molecule has 2 amide bonds. The Morgan fingerprint density at radius 3 is 2.53 bits per heavy atom. The van der Waals surface area contributed by atoms with Crippen LogP contribution >= 0.6 is 11.8 Å². The second-order valence-electron chi connectivity index (χ2n) is 4.34. The van der Waals surface area contributed by atoms with Crippen molar-refractivity contribution in [2.75, 3.05) is 30.9 Å². The first-order valence-electron chi connectivity index (χ1n) is 5.88. The van der Waals surface area contributed by atoms with Gasteiger partial charge in [-0.25, -0.2) is 5.01 Å². The van der Waals surface area contributed by atoms with Crippen molar-refractivity contribution in [2.24, 2.45) is 0 Å². The fourth-order valence-electron chi connectivity index (χ4n) is 1.44. The van der Waals surface area contributed by atoms with Crippen LogP contribution in [0.1, 0.15) is 5.56 Å². The van der Waals surface area contributed by atoms with Gasteiger partial charge in [-0.05, 0) is 24.6 Å². The normalized spacial score (nSPS) is 10.3. The molecular formula is C13H19N3O2S. The zero-order valence-corrected chi connectivity index (χ0v) is 12.2. The summed E-state index contributed by atoms with van der Waals surface area (Å²) in [6, 6.07) is 7.61. The van der Waals surface area contributed by atoms with Crippen LogP contribution in [0.5, 0.6) is 0 Å². The highest BCUT2D eigenvalue weighted by Gasteiger charge is 2.06. The maximum Gasteiger partial charge on any atom is 0.244 e. The fraction of sp³-hybridized carbons (Fsp3) is 0.385. The van der Waals surface area contributed by atoms with Gasteiger partial charge in [-0.2, -0.15) is 0 Å². The lowest BCUT2D eigenvalue weighted by Gasteiger charge is -2.11. The molecule has 1 rings (SSSR count). The summed E-state index contributed by atoms with van der Waals surface area (Å²) in [5, 5.41) is 4.37. The minimum Gasteiger partial charge on any atom is -0.325 e. The summed E-state index contributed by atoms with van der Waals surface area (Å²) in [6.45, 7) is 1.97. The number of anilines is 1. The molecule has 0 aromatic heterocycles. The van der Waals surface area contributed by atoms with E-state index in [9.17, 15) is 9.59 Å². The van der Waals surface area contributed by atoms with Crippen LogP contribution in [0.15, 0.2) is 24.3 Å². The average molecular weight is 281 g/mol. The van der Waals surface area contributed by atoms with Crippen molar-refractivity contribution in [2.45, 2.75) is 6.92 Å². The third kappa shape index (κ3) is 6.83. The van der Waals surface area contributed by atoms with Crippen LogP contribution in [-0.4, -0.2) is 42.4 Å². The van der Waals surface area contributed by atoms with Gasteiger partial charge in [0.25, 0.3) is 0 Å². The molecule has 0 unspecified atom stereocenters.